The minimum Gasteiger partial charge on any atom is -0.381 e. The standard InChI is InChI=1S/C13H20N2O4S2/c1-13(2)9(7-10(13)19-3)15-11(16)6-8-4-5-12(20-8)21(14,17)18/h4-5,9-10H,6-7H2,1-3H3,(H,15,16)(H2,14,17,18). The summed E-state index contributed by atoms with van der Waals surface area (Å²) >= 11 is 1.03. The molecular weight excluding hydrogens is 312 g/mol. The summed E-state index contributed by atoms with van der Waals surface area (Å²) in [5.74, 6) is -0.120. The molecule has 0 radical (unpaired) electrons. The molecule has 1 fully saturated rings. The van der Waals surface area contributed by atoms with Gasteiger partial charge in [-0.1, -0.05) is 13.8 Å². The highest BCUT2D eigenvalue weighted by atomic mass is 32.2. The second-order valence-corrected chi connectivity index (χ2v) is 8.80. The van der Waals surface area contributed by atoms with Gasteiger partial charge in [0.1, 0.15) is 4.21 Å². The fourth-order valence-corrected chi connectivity index (χ4v) is 4.32. The molecule has 0 aliphatic heterocycles. The highest BCUT2D eigenvalue weighted by Crippen LogP contribution is 2.42. The summed E-state index contributed by atoms with van der Waals surface area (Å²) in [5, 5.41) is 8.02. The van der Waals surface area contributed by atoms with E-state index in [1.807, 2.05) is 0 Å². The molecule has 1 aromatic rings. The van der Waals surface area contributed by atoms with Gasteiger partial charge in [-0.3, -0.25) is 4.79 Å². The van der Waals surface area contributed by atoms with Crippen molar-refractivity contribution in [1.82, 2.24) is 5.32 Å². The summed E-state index contributed by atoms with van der Waals surface area (Å²) in [6.45, 7) is 4.11. The molecule has 2 rings (SSSR count). The first-order chi connectivity index (χ1) is 9.64. The molecule has 2 unspecified atom stereocenters. The monoisotopic (exact) mass is 332 g/mol. The van der Waals surface area contributed by atoms with E-state index in [0.29, 0.717) is 4.88 Å². The van der Waals surface area contributed by atoms with Gasteiger partial charge in [0.25, 0.3) is 0 Å². The number of nitrogens with two attached hydrogens (primary N) is 1. The average molecular weight is 332 g/mol. The van der Waals surface area contributed by atoms with Crippen LogP contribution in [0.3, 0.4) is 0 Å². The lowest BCUT2D eigenvalue weighted by molar-refractivity contribution is -0.132. The van der Waals surface area contributed by atoms with Crippen LogP contribution in [0.2, 0.25) is 0 Å². The van der Waals surface area contributed by atoms with Crippen molar-refractivity contribution in [2.75, 3.05) is 7.11 Å². The van der Waals surface area contributed by atoms with Crippen molar-refractivity contribution < 1.29 is 17.9 Å². The van der Waals surface area contributed by atoms with Gasteiger partial charge in [-0.25, -0.2) is 13.6 Å². The van der Waals surface area contributed by atoms with Gasteiger partial charge >= 0.3 is 0 Å². The van der Waals surface area contributed by atoms with Crippen LogP contribution in [0, 0.1) is 5.41 Å². The van der Waals surface area contributed by atoms with E-state index in [4.69, 9.17) is 9.88 Å². The molecule has 0 saturated heterocycles. The first-order valence-corrected chi connectivity index (χ1v) is 8.94. The Bertz CT molecular complexity index is 636. The predicted octanol–water partition coefficient (Wildman–Crippen LogP) is 0.868. The van der Waals surface area contributed by atoms with Gasteiger partial charge in [0.05, 0.1) is 12.5 Å². The highest BCUT2D eigenvalue weighted by molar-refractivity contribution is 7.91. The molecule has 0 spiro atoms. The number of hydrogen-bond donors (Lipinski definition) is 2. The lowest BCUT2D eigenvalue weighted by Crippen LogP contribution is -2.61. The minimum absolute atomic E-state index is 0.0765. The second-order valence-electron chi connectivity index (χ2n) is 5.84. The van der Waals surface area contributed by atoms with Crippen LogP contribution in [0.15, 0.2) is 16.3 Å². The quantitative estimate of drug-likeness (QED) is 0.836. The van der Waals surface area contributed by atoms with Crippen molar-refractivity contribution >= 4 is 27.3 Å². The maximum Gasteiger partial charge on any atom is 0.247 e. The fourth-order valence-electron chi connectivity index (χ4n) is 2.54. The normalized spacial score (nSPS) is 24.4. The number of amides is 1. The summed E-state index contributed by atoms with van der Waals surface area (Å²) in [5.41, 5.74) is -0.0916. The van der Waals surface area contributed by atoms with Crippen LogP contribution >= 0.6 is 11.3 Å². The molecule has 1 aliphatic carbocycles. The van der Waals surface area contributed by atoms with Crippen molar-refractivity contribution in [1.29, 1.82) is 0 Å². The van der Waals surface area contributed by atoms with Gasteiger partial charge in [-0.15, -0.1) is 11.3 Å². The predicted molar refractivity (Wildman–Crippen MR) is 80.5 cm³/mol. The Balaban J connectivity index is 1.93. The van der Waals surface area contributed by atoms with E-state index < -0.39 is 10.0 Å². The topological polar surface area (TPSA) is 98.5 Å². The Morgan fingerprint density at radius 1 is 1.52 bits per heavy atom. The van der Waals surface area contributed by atoms with E-state index in [9.17, 15) is 13.2 Å². The van der Waals surface area contributed by atoms with Crippen LogP contribution in [0.5, 0.6) is 0 Å². The van der Waals surface area contributed by atoms with Crippen LogP contribution in [0.4, 0.5) is 0 Å². The lowest BCUT2D eigenvalue weighted by atomic mass is 9.64. The van der Waals surface area contributed by atoms with Gasteiger partial charge in [0, 0.05) is 23.4 Å². The van der Waals surface area contributed by atoms with Crippen molar-refractivity contribution in [3.8, 4) is 0 Å². The van der Waals surface area contributed by atoms with Gasteiger partial charge in [0.15, 0.2) is 0 Å². The van der Waals surface area contributed by atoms with Gasteiger partial charge < -0.3 is 10.1 Å². The maximum atomic E-state index is 12.0. The molecule has 0 aromatic carbocycles. The van der Waals surface area contributed by atoms with E-state index in [1.165, 1.54) is 6.07 Å². The third-order valence-corrected chi connectivity index (χ3v) is 6.57. The largest absolute Gasteiger partial charge is 0.381 e. The average Bonchev–Trinajstić information content (AvgIpc) is 2.82. The first-order valence-electron chi connectivity index (χ1n) is 6.58. The minimum atomic E-state index is -3.69. The summed E-state index contributed by atoms with van der Waals surface area (Å²) in [7, 11) is -2.02. The second kappa shape index (κ2) is 5.68. The number of rotatable bonds is 5. The Hall–Kier alpha value is -0.960. The lowest BCUT2D eigenvalue weighted by Gasteiger charge is -2.51. The van der Waals surface area contributed by atoms with E-state index >= 15 is 0 Å². The third kappa shape index (κ3) is 3.45. The summed E-state index contributed by atoms with van der Waals surface area (Å²) in [6.07, 6.45) is 1.10. The Kier molecular flexibility index (Phi) is 4.44. The Labute approximate surface area is 128 Å². The highest BCUT2D eigenvalue weighted by Gasteiger charge is 2.49. The number of carbonyl (C=O) groups is 1. The SMILES string of the molecule is COC1CC(NC(=O)Cc2ccc(S(N)(=O)=O)s2)C1(C)C. The van der Waals surface area contributed by atoms with Crippen molar-refractivity contribution in [3.63, 3.8) is 0 Å². The molecule has 1 aromatic heterocycles. The smallest absolute Gasteiger partial charge is 0.247 e. The zero-order valence-corrected chi connectivity index (χ0v) is 13.9. The summed E-state index contributed by atoms with van der Waals surface area (Å²) < 4.78 is 27.8. The van der Waals surface area contributed by atoms with E-state index in [1.54, 1.807) is 13.2 Å². The van der Waals surface area contributed by atoms with Gasteiger partial charge in [-0.05, 0) is 18.6 Å². The van der Waals surface area contributed by atoms with Gasteiger partial charge in [-0.2, -0.15) is 0 Å². The molecular formula is C13H20N2O4S2. The number of carbonyl (C=O) groups excluding carboxylic acids is 1. The molecule has 118 valence electrons. The van der Waals surface area contributed by atoms with Crippen molar-refractivity contribution in [3.05, 3.63) is 17.0 Å². The molecule has 8 heteroatoms. The number of methoxy groups -OCH3 is 1. The number of thiophene rings is 1. The van der Waals surface area contributed by atoms with Crippen molar-refractivity contribution in [2.24, 2.45) is 10.6 Å². The molecule has 2 atom stereocenters. The molecule has 1 saturated carbocycles. The molecule has 1 amide bonds. The molecule has 0 bridgehead atoms. The van der Waals surface area contributed by atoms with Crippen LogP contribution in [0.25, 0.3) is 0 Å². The molecule has 1 aliphatic rings. The summed E-state index contributed by atoms with van der Waals surface area (Å²) in [4.78, 5) is 12.7. The Morgan fingerprint density at radius 3 is 2.67 bits per heavy atom. The zero-order chi connectivity index (χ0) is 15.8. The van der Waals surface area contributed by atoms with Crippen molar-refractivity contribution in [2.45, 2.75) is 43.0 Å². The Morgan fingerprint density at radius 2 is 2.19 bits per heavy atom. The van der Waals surface area contributed by atoms with Crippen LogP contribution in [-0.2, 0) is 26.0 Å². The number of ether oxygens (including phenoxy) is 1. The fraction of sp³-hybridized carbons (Fsp3) is 0.615. The van der Waals surface area contributed by atoms with E-state index in [2.05, 4.69) is 19.2 Å². The van der Waals surface area contributed by atoms with Crippen LogP contribution in [0.1, 0.15) is 25.1 Å². The van der Waals surface area contributed by atoms with E-state index in [0.717, 1.165) is 17.8 Å². The summed E-state index contributed by atoms with van der Waals surface area (Å²) in [6, 6.07) is 3.12. The zero-order valence-electron chi connectivity index (χ0n) is 12.3. The number of sulfonamides is 1. The maximum absolute atomic E-state index is 12.0. The van der Waals surface area contributed by atoms with Crippen LogP contribution in [-0.4, -0.2) is 33.6 Å². The van der Waals surface area contributed by atoms with E-state index in [-0.39, 0.29) is 34.1 Å². The molecule has 1 heterocycles. The van der Waals surface area contributed by atoms with Crippen LogP contribution < -0.4 is 10.5 Å². The molecule has 21 heavy (non-hydrogen) atoms. The number of hydrogen-bond acceptors (Lipinski definition) is 5. The molecule has 6 nitrogen and oxygen atoms in total. The third-order valence-electron chi connectivity index (χ3n) is 4.05. The van der Waals surface area contributed by atoms with Gasteiger partial charge in [0.2, 0.25) is 15.9 Å². The first kappa shape index (κ1) is 16.4. The number of primary sulfonamides is 1. The molecule has 3 N–H and O–H groups in total. The number of nitrogens with one attached hydrogen (secondary N) is 1.